The lowest BCUT2D eigenvalue weighted by atomic mass is 10.1. The summed E-state index contributed by atoms with van der Waals surface area (Å²) in [6, 6.07) is 6.85. The summed E-state index contributed by atoms with van der Waals surface area (Å²) in [6.07, 6.45) is 1.33. The molecular formula is C18H24N4O4. The number of hydrogen-bond donors (Lipinski definition) is 3. The normalized spacial score (nSPS) is 11.7. The first-order chi connectivity index (χ1) is 12.4. The molecule has 1 atom stereocenters. The fourth-order valence-corrected chi connectivity index (χ4v) is 2.11. The summed E-state index contributed by atoms with van der Waals surface area (Å²) in [5.41, 5.74) is 0.757. The highest BCUT2D eigenvalue weighted by molar-refractivity contribution is 5.97. The fourth-order valence-electron chi connectivity index (χ4n) is 2.11. The monoisotopic (exact) mass is 360 g/mol. The summed E-state index contributed by atoms with van der Waals surface area (Å²) < 4.78 is 10.4. The third-order valence-corrected chi connectivity index (χ3v) is 3.51. The van der Waals surface area contributed by atoms with Crippen molar-refractivity contribution >= 4 is 11.8 Å². The molecule has 0 aliphatic rings. The number of carbonyl (C=O) groups excluding carboxylic acids is 2. The first-order valence-corrected chi connectivity index (χ1v) is 8.03. The number of rotatable bonds is 9. The third kappa shape index (κ3) is 6.36. The first kappa shape index (κ1) is 20.8. The van der Waals surface area contributed by atoms with Crippen molar-refractivity contribution < 1.29 is 19.1 Å². The summed E-state index contributed by atoms with van der Waals surface area (Å²) in [6.45, 7) is 4.02. The molecule has 0 radical (unpaired) electrons. The Morgan fingerprint density at radius 2 is 1.92 bits per heavy atom. The van der Waals surface area contributed by atoms with Crippen molar-refractivity contribution in [2.75, 3.05) is 27.3 Å². The van der Waals surface area contributed by atoms with Gasteiger partial charge in [0.15, 0.2) is 11.5 Å². The zero-order valence-electron chi connectivity index (χ0n) is 15.4. The van der Waals surface area contributed by atoms with E-state index in [1.165, 1.54) is 20.2 Å². The van der Waals surface area contributed by atoms with Crippen molar-refractivity contribution in [3.05, 3.63) is 35.5 Å². The maximum absolute atomic E-state index is 12.2. The van der Waals surface area contributed by atoms with E-state index in [1.807, 2.05) is 12.1 Å². The van der Waals surface area contributed by atoms with Crippen LogP contribution in [0.5, 0.6) is 11.5 Å². The fraction of sp³-hybridized carbons (Fsp3) is 0.389. The number of benzene rings is 1. The van der Waals surface area contributed by atoms with Gasteiger partial charge in [-0.2, -0.15) is 5.26 Å². The highest BCUT2D eigenvalue weighted by atomic mass is 16.5. The van der Waals surface area contributed by atoms with Crippen molar-refractivity contribution in [3.8, 4) is 17.6 Å². The van der Waals surface area contributed by atoms with Crippen LogP contribution in [0.4, 0.5) is 0 Å². The predicted molar refractivity (Wildman–Crippen MR) is 96.5 cm³/mol. The van der Waals surface area contributed by atoms with E-state index in [0.29, 0.717) is 24.6 Å². The van der Waals surface area contributed by atoms with E-state index in [9.17, 15) is 9.59 Å². The zero-order chi connectivity index (χ0) is 19.5. The van der Waals surface area contributed by atoms with Gasteiger partial charge in [-0.3, -0.25) is 9.59 Å². The maximum Gasteiger partial charge on any atom is 0.263 e. The van der Waals surface area contributed by atoms with Gasteiger partial charge >= 0.3 is 0 Å². The average Bonchev–Trinajstić information content (AvgIpc) is 2.63. The van der Waals surface area contributed by atoms with Crippen molar-refractivity contribution in [3.63, 3.8) is 0 Å². The minimum atomic E-state index is -0.498. The van der Waals surface area contributed by atoms with Crippen LogP contribution in [-0.4, -0.2) is 39.1 Å². The highest BCUT2D eigenvalue weighted by Gasteiger charge is 2.15. The Morgan fingerprint density at radius 3 is 2.50 bits per heavy atom. The van der Waals surface area contributed by atoms with Gasteiger partial charge in [-0.25, -0.2) is 0 Å². The Bertz CT molecular complexity index is 710. The molecule has 1 aromatic rings. The number of nitrogens with one attached hydrogen (secondary N) is 3. The smallest absolute Gasteiger partial charge is 0.263 e. The largest absolute Gasteiger partial charge is 0.493 e. The summed E-state index contributed by atoms with van der Waals surface area (Å²) in [7, 11) is 3.08. The van der Waals surface area contributed by atoms with Gasteiger partial charge in [-0.15, -0.1) is 0 Å². The summed E-state index contributed by atoms with van der Waals surface area (Å²) in [5.74, 6) is 0.511. The SMILES string of the molecule is COc1ccc(C(C)NC(=O)/C(C#N)=C\NCCNC(C)=O)cc1OC. The van der Waals surface area contributed by atoms with Crippen LogP contribution in [0, 0.1) is 11.3 Å². The molecule has 140 valence electrons. The van der Waals surface area contributed by atoms with Gasteiger partial charge in [0.05, 0.1) is 20.3 Å². The molecule has 26 heavy (non-hydrogen) atoms. The molecule has 3 N–H and O–H groups in total. The van der Waals surface area contributed by atoms with Gasteiger partial charge in [0.2, 0.25) is 5.91 Å². The van der Waals surface area contributed by atoms with Crippen molar-refractivity contribution in [2.45, 2.75) is 19.9 Å². The van der Waals surface area contributed by atoms with E-state index < -0.39 is 5.91 Å². The van der Waals surface area contributed by atoms with E-state index in [-0.39, 0.29) is 17.5 Å². The predicted octanol–water partition coefficient (Wildman–Crippen LogP) is 1.01. The molecule has 2 amide bonds. The Hall–Kier alpha value is -3.21. The molecule has 0 saturated heterocycles. The van der Waals surface area contributed by atoms with E-state index in [0.717, 1.165) is 5.56 Å². The number of ether oxygens (including phenoxy) is 2. The molecule has 1 unspecified atom stereocenters. The summed E-state index contributed by atoms with van der Waals surface area (Å²) in [4.78, 5) is 23.0. The summed E-state index contributed by atoms with van der Waals surface area (Å²) in [5, 5.41) is 17.3. The van der Waals surface area contributed by atoms with Crippen LogP contribution in [-0.2, 0) is 9.59 Å². The minimum absolute atomic E-state index is 0.0554. The second-order valence-electron chi connectivity index (χ2n) is 5.42. The molecule has 0 heterocycles. The molecule has 8 nitrogen and oxygen atoms in total. The van der Waals surface area contributed by atoms with Gasteiger partial charge in [0, 0.05) is 26.2 Å². The van der Waals surface area contributed by atoms with Gasteiger partial charge in [0.25, 0.3) is 5.91 Å². The van der Waals surface area contributed by atoms with Crippen LogP contribution >= 0.6 is 0 Å². The lowest BCUT2D eigenvalue weighted by Gasteiger charge is -2.16. The van der Waals surface area contributed by atoms with Crippen LogP contribution in [0.15, 0.2) is 30.0 Å². The number of nitriles is 1. The Morgan fingerprint density at radius 1 is 1.23 bits per heavy atom. The lowest BCUT2D eigenvalue weighted by molar-refractivity contribution is -0.119. The molecule has 0 aromatic heterocycles. The van der Waals surface area contributed by atoms with Crippen LogP contribution in [0.3, 0.4) is 0 Å². The van der Waals surface area contributed by atoms with Gasteiger partial charge < -0.3 is 25.4 Å². The molecule has 8 heteroatoms. The second-order valence-corrected chi connectivity index (χ2v) is 5.42. The Kier molecular flexibility index (Phi) is 8.50. The van der Waals surface area contributed by atoms with E-state index in [4.69, 9.17) is 14.7 Å². The molecule has 0 fully saturated rings. The number of hydrogen-bond acceptors (Lipinski definition) is 6. The molecule has 1 aromatic carbocycles. The van der Waals surface area contributed by atoms with Crippen molar-refractivity contribution in [2.24, 2.45) is 0 Å². The number of carbonyl (C=O) groups is 2. The second kappa shape index (κ2) is 10.6. The third-order valence-electron chi connectivity index (χ3n) is 3.51. The maximum atomic E-state index is 12.2. The standard InChI is InChI=1S/C18H24N4O4/c1-12(14-5-6-16(25-3)17(9-14)26-4)22-18(24)15(10-19)11-20-7-8-21-13(2)23/h5-6,9,11-12,20H,7-8H2,1-4H3,(H,21,23)(H,22,24)/b15-11-. The van der Waals surface area contributed by atoms with Gasteiger partial charge in [-0.05, 0) is 24.6 Å². The molecule has 0 aliphatic carbocycles. The molecule has 0 saturated carbocycles. The quantitative estimate of drug-likeness (QED) is 0.344. The number of amides is 2. The van der Waals surface area contributed by atoms with Gasteiger partial charge in [-0.1, -0.05) is 6.07 Å². The zero-order valence-corrected chi connectivity index (χ0v) is 15.4. The van der Waals surface area contributed by atoms with E-state index in [1.54, 1.807) is 26.2 Å². The van der Waals surface area contributed by atoms with Gasteiger partial charge in [0.1, 0.15) is 11.6 Å². The van der Waals surface area contributed by atoms with E-state index >= 15 is 0 Å². The van der Waals surface area contributed by atoms with Crippen LogP contribution in [0.25, 0.3) is 0 Å². The first-order valence-electron chi connectivity index (χ1n) is 8.03. The number of methoxy groups -OCH3 is 2. The molecule has 0 aliphatic heterocycles. The lowest BCUT2D eigenvalue weighted by Crippen LogP contribution is -2.30. The molecule has 0 bridgehead atoms. The Balaban J connectivity index is 2.69. The molecule has 1 rings (SSSR count). The highest BCUT2D eigenvalue weighted by Crippen LogP contribution is 2.29. The number of nitrogens with zero attached hydrogens (tertiary/aromatic N) is 1. The topological polar surface area (TPSA) is 112 Å². The Labute approximate surface area is 153 Å². The van der Waals surface area contributed by atoms with Crippen LogP contribution in [0.2, 0.25) is 0 Å². The molecular weight excluding hydrogens is 336 g/mol. The summed E-state index contributed by atoms with van der Waals surface area (Å²) >= 11 is 0. The van der Waals surface area contributed by atoms with Crippen LogP contribution in [0.1, 0.15) is 25.5 Å². The molecule has 0 spiro atoms. The minimum Gasteiger partial charge on any atom is -0.493 e. The van der Waals surface area contributed by atoms with E-state index in [2.05, 4.69) is 16.0 Å². The van der Waals surface area contributed by atoms with Crippen molar-refractivity contribution in [1.82, 2.24) is 16.0 Å². The van der Waals surface area contributed by atoms with Crippen LogP contribution < -0.4 is 25.4 Å². The van der Waals surface area contributed by atoms with Crippen molar-refractivity contribution in [1.29, 1.82) is 5.26 Å². The average molecular weight is 360 g/mol.